The second-order valence-corrected chi connectivity index (χ2v) is 6.37. The molecule has 1 heterocycles. The predicted octanol–water partition coefficient (Wildman–Crippen LogP) is 1.44. The summed E-state index contributed by atoms with van der Waals surface area (Å²) in [4.78, 5) is 2.55. The standard InChI is InChI=1S/C14H29N3/c1-12(2)14(5-6-14)11-16-7-10-17-8-3-13(15)4-9-17/h12-13,16H,3-11,15H2,1-2H3. The lowest BCUT2D eigenvalue weighted by Crippen LogP contribution is -2.43. The lowest BCUT2D eigenvalue weighted by molar-refractivity contribution is 0.210. The molecule has 1 aliphatic carbocycles. The van der Waals surface area contributed by atoms with Gasteiger partial charge in [-0.15, -0.1) is 0 Å². The Labute approximate surface area is 106 Å². The van der Waals surface area contributed by atoms with Crippen molar-refractivity contribution in [1.29, 1.82) is 0 Å². The van der Waals surface area contributed by atoms with Crippen molar-refractivity contribution < 1.29 is 0 Å². The first-order valence-corrected chi connectivity index (χ1v) is 7.31. The van der Waals surface area contributed by atoms with Gasteiger partial charge in [-0.3, -0.25) is 0 Å². The lowest BCUT2D eigenvalue weighted by atomic mass is 9.92. The Hall–Kier alpha value is -0.120. The topological polar surface area (TPSA) is 41.3 Å². The first-order valence-electron chi connectivity index (χ1n) is 7.31. The number of rotatable bonds is 6. The molecule has 0 aromatic carbocycles. The van der Waals surface area contributed by atoms with Crippen molar-refractivity contribution in [3.05, 3.63) is 0 Å². The summed E-state index contributed by atoms with van der Waals surface area (Å²) in [7, 11) is 0. The first kappa shape index (κ1) is 13.3. The van der Waals surface area contributed by atoms with Crippen LogP contribution in [0.1, 0.15) is 39.5 Å². The van der Waals surface area contributed by atoms with Gasteiger partial charge in [-0.25, -0.2) is 0 Å². The maximum absolute atomic E-state index is 5.91. The zero-order chi connectivity index (χ0) is 12.3. The molecule has 1 aliphatic heterocycles. The van der Waals surface area contributed by atoms with Crippen molar-refractivity contribution in [2.24, 2.45) is 17.1 Å². The van der Waals surface area contributed by atoms with E-state index in [0.29, 0.717) is 11.5 Å². The molecule has 1 saturated carbocycles. The van der Waals surface area contributed by atoms with E-state index in [-0.39, 0.29) is 0 Å². The van der Waals surface area contributed by atoms with Gasteiger partial charge in [0.25, 0.3) is 0 Å². The summed E-state index contributed by atoms with van der Waals surface area (Å²) in [5, 5.41) is 3.66. The van der Waals surface area contributed by atoms with E-state index in [1.807, 2.05) is 0 Å². The molecule has 3 nitrogen and oxygen atoms in total. The highest BCUT2D eigenvalue weighted by Crippen LogP contribution is 2.51. The van der Waals surface area contributed by atoms with Gasteiger partial charge < -0.3 is 16.0 Å². The predicted molar refractivity (Wildman–Crippen MR) is 73.0 cm³/mol. The minimum absolute atomic E-state index is 0.454. The number of nitrogens with zero attached hydrogens (tertiary/aromatic N) is 1. The molecule has 0 radical (unpaired) electrons. The Morgan fingerprint density at radius 3 is 2.47 bits per heavy atom. The van der Waals surface area contributed by atoms with Gasteiger partial charge in [0.15, 0.2) is 0 Å². The summed E-state index contributed by atoms with van der Waals surface area (Å²) < 4.78 is 0. The number of nitrogens with two attached hydrogens (primary N) is 1. The fraction of sp³-hybridized carbons (Fsp3) is 1.00. The van der Waals surface area contributed by atoms with Crippen LogP contribution in [0.15, 0.2) is 0 Å². The van der Waals surface area contributed by atoms with Crippen LogP contribution >= 0.6 is 0 Å². The van der Waals surface area contributed by atoms with Crippen molar-refractivity contribution >= 4 is 0 Å². The van der Waals surface area contributed by atoms with Crippen LogP contribution in [-0.2, 0) is 0 Å². The van der Waals surface area contributed by atoms with Gasteiger partial charge in [0.05, 0.1) is 0 Å². The summed E-state index contributed by atoms with van der Waals surface area (Å²) in [5.74, 6) is 0.836. The molecule has 3 N–H and O–H groups in total. The Kier molecular flexibility index (Phi) is 4.45. The summed E-state index contributed by atoms with van der Waals surface area (Å²) in [5.41, 5.74) is 6.55. The number of hydrogen-bond donors (Lipinski definition) is 2. The zero-order valence-electron chi connectivity index (χ0n) is 11.5. The van der Waals surface area contributed by atoms with Crippen molar-refractivity contribution in [2.45, 2.75) is 45.6 Å². The van der Waals surface area contributed by atoms with Crippen LogP contribution < -0.4 is 11.1 Å². The number of hydrogen-bond acceptors (Lipinski definition) is 3. The molecule has 0 aromatic rings. The van der Waals surface area contributed by atoms with Crippen LogP contribution in [0.25, 0.3) is 0 Å². The van der Waals surface area contributed by atoms with Crippen molar-refractivity contribution in [3.8, 4) is 0 Å². The van der Waals surface area contributed by atoms with Crippen LogP contribution in [-0.4, -0.2) is 43.7 Å². The van der Waals surface area contributed by atoms with Crippen LogP contribution in [0.2, 0.25) is 0 Å². The second-order valence-electron chi connectivity index (χ2n) is 6.37. The Balaban J connectivity index is 1.55. The van der Waals surface area contributed by atoms with Gasteiger partial charge in [0, 0.05) is 25.7 Å². The Morgan fingerprint density at radius 1 is 1.29 bits per heavy atom. The number of likely N-dealkylation sites (tertiary alicyclic amines) is 1. The Bertz CT molecular complexity index is 228. The lowest BCUT2D eigenvalue weighted by Gasteiger charge is -2.30. The third kappa shape index (κ3) is 3.67. The molecule has 0 aromatic heterocycles. The summed E-state index contributed by atoms with van der Waals surface area (Å²) >= 11 is 0. The van der Waals surface area contributed by atoms with Gasteiger partial charge in [0.2, 0.25) is 0 Å². The van der Waals surface area contributed by atoms with E-state index in [4.69, 9.17) is 5.73 Å². The summed E-state index contributed by atoms with van der Waals surface area (Å²) in [6.07, 6.45) is 5.21. The number of nitrogens with one attached hydrogen (secondary N) is 1. The average molecular weight is 239 g/mol. The molecular formula is C14H29N3. The molecule has 17 heavy (non-hydrogen) atoms. The van der Waals surface area contributed by atoms with Gasteiger partial charge in [-0.05, 0) is 50.1 Å². The van der Waals surface area contributed by atoms with Crippen LogP contribution in [0.3, 0.4) is 0 Å². The molecule has 0 bridgehead atoms. The van der Waals surface area contributed by atoms with E-state index >= 15 is 0 Å². The molecule has 100 valence electrons. The largest absolute Gasteiger partial charge is 0.328 e. The normalized spacial score (nSPS) is 25.4. The second kappa shape index (κ2) is 5.68. The fourth-order valence-electron chi connectivity index (χ4n) is 2.87. The first-order chi connectivity index (χ1) is 8.12. The van der Waals surface area contributed by atoms with Crippen molar-refractivity contribution in [2.75, 3.05) is 32.7 Å². The molecular weight excluding hydrogens is 210 g/mol. The molecule has 2 aliphatic rings. The minimum Gasteiger partial charge on any atom is -0.328 e. The minimum atomic E-state index is 0.454. The highest BCUT2D eigenvalue weighted by molar-refractivity contribution is 4.97. The Morgan fingerprint density at radius 2 is 1.94 bits per heavy atom. The summed E-state index contributed by atoms with van der Waals surface area (Å²) in [6, 6.07) is 0.454. The van der Waals surface area contributed by atoms with E-state index in [1.54, 1.807) is 0 Å². The molecule has 0 spiro atoms. The van der Waals surface area contributed by atoms with Crippen molar-refractivity contribution in [1.82, 2.24) is 10.2 Å². The van der Waals surface area contributed by atoms with Gasteiger partial charge in [-0.2, -0.15) is 0 Å². The van der Waals surface area contributed by atoms with Gasteiger partial charge in [0.1, 0.15) is 0 Å². The van der Waals surface area contributed by atoms with Crippen LogP contribution in [0.5, 0.6) is 0 Å². The number of piperidine rings is 1. The van der Waals surface area contributed by atoms with E-state index < -0.39 is 0 Å². The van der Waals surface area contributed by atoms with E-state index in [0.717, 1.165) is 12.5 Å². The van der Waals surface area contributed by atoms with Gasteiger partial charge in [-0.1, -0.05) is 13.8 Å². The van der Waals surface area contributed by atoms with Gasteiger partial charge >= 0.3 is 0 Å². The molecule has 0 unspecified atom stereocenters. The maximum Gasteiger partial charge on any atom is 0.0107 e. The molecule has 0 amide bonds. The zero-order valence-corrected chi connectivity index (χ0v) is 11.5. The molecule has 2 fully saturated rings. The average Bonchev–Trinajstić information content (AvgIpc) is 3.08. The monoisotopic (exact) mass is 239 g/mol. The van der Waals surface area contributed by atoms with E-state index in [1.165, 1.54) is 51.9 Å². The molecule has 0 atom stereocenters. The van der Waals surface area contributed by atoms with E-state index in [2.05, 4.69) is 24.1 Å². The third-order valence-electron chi connectivity index (χ3n) is 4.83. The smallest absolute Gasteiger partial charge is 0.0107 e. The fourth-order valence-corrected chi connectivity index (χ4v) is 2.87. The quantitative estimate of drug-likeness (QED) is 0.689. The maximum atomic E-state index is 5.91. The molecule has 3 heteroatoms. The molecule has 2 rings (SSSR count). The SMILES string of the molecule is CC(C)C1(CNCCN2CCC(N)CC2)CC1. The summed E-state index contributed by atoms with van der Waals surface area (Å²) in [6.45, 7) is 10.7. The van der Waals surface area contributed by atoms with E-state index in [9.17, 15) is 0 Å². The van der Waals surface area contributed by atoms with Crippen LogP contribution in [0.4, 0.5) is 0 Å². The third-order valence-corrected chi connectivity index (χ3v) is 4.83. The molecule has 1 saturated heterocycles. The highest BCUT2D eigenvalue weighted by Gasteiger charge is 2.44. The highest BCUT2D eigenvalue weighted by atomic mass is 15.1. The van der Waals surface area contributed by atoms with Crippen LogP contribution in [0, 0.1) is 11.3 Å². The van der Waals surface area contributed by atoms with Crippen molar-refractivity contribution in [3.63, 3.8) is 0 Å².